The van der Waals surface area contributed by atoms with E-state index in [2.05, 4.69) is 20.3 Å². The van der Waals surface area contributed by atoms with Gasteiger partial charge in [-0.2, -0.15) is 0 Å². The molecule has 0 aliphatic carbocycles. The van der Waals surface area contributed by atoms with E-state index in [1.165, 1.54) is 17.2 Å². The van der Waals surface area contributed by atoms with E-state index >= 15 is 0 Å². The van der Waals surface area contributed by atoms with Crippen LogP contribution in [0.3, 0.4) is 0 Å². The Bertz CT molecular complexity index is 951. The van der Waals surface area contributed by atoms with E-state index in [0.29, 0.717) is 23.5 Å². The van der Waals surface area contributed by atoms with E-state index in [1.807, 2.05) is 24.3 Å². The van der Waals surface area contributed by atoms with Crippen LogP contribution in [0, 0.1) is 0 Å². The van der Waals surface area contributed by atoms with Crippen molar-refractivity contribution in [3.05, 3.63) is 42.5 Å². The number of anilines is 1. The number of aliphatic hydroxyl groups excluding tert-OH is 2. The van der Waals surface area contributed by atoms with Gasteiger partial charge in [0.05, 0.1) is 20.0 Å². The van der Waals surface area contributed by atoms with E-state index in [9.17, 15) is 14.6 Å². The number of aromatic nitrogens is 4. The van der Waals surface area contributed by atoms with Crippen molar-refractivity contribution < 1.29 is 24.1 Å². The van der Waals surface area contributed by atoms with Crippen LogP contribution >= 0.6 is 0 Å². The molecule has 2 aromatic heterocycles. The number of benzene rings is 1. The average molecular weight is 389 g/mol. The van der Waals surface area contributed by atoms with E-state index in [-0.39, 0.29) is 0 Å². The summed E-state index contributed by atoms with van der Waals surface area (Å²) in [6.45, 7) is -0.0182. The molecule has 1 aliphatic heterocycles. The van der Waals surface area contributed by atoms with Crippen molar-refractivity contribution in [1.29, 1.82) is 0 Å². The third-order valence-corrected chi connectivity index (χ3v) is 4.72. The number of fused-ring (bicyclic) bond motifs is 1. The smallest absolute Gasteiger partial charge is 0.167 e. The van der Waals surface area contributed by atoms with Crippen molar-refractivity contribution in [2.45, 2.75) is 31.2 Å². The molecule has 0 radical (unpaired) electrons. The van der Waals surface area contributed by atoms with Gasteiger partial charge in [0.15, 0.2) is 29.4 Å². The lowest BCUT2D eigenvalue weighted by Gasteiger charge is -2.16. The Balaban J connectivity index is 1.56. The van der Waals surface area contributed by atoms with Crippen molar-refractivity contribution in [3.63, 3.8) is 0 Å². The van der Waals surface area contributed by atoms with Gasteiger partial charge in [0.25, 0.3) is 0 Å². The number of hydrogen-bond acceptors (Lipinski definition) is 8. The molecule has 1 aliphatic rings. The van der Waals surface area contributed by atoms with Gasteiger partial charge in [-0.15, -0.1) is 0 Å². The zero-order valence-corrected chi connectivity index (χ0v) is 15.1. The van der Waals surface area contributed by atoms with E-state index in [1.54, 1.807) is 7.11 Å². The third kappa shape index (κ3) is 3.26. The van der Waals surface area contributed by atoms with Crippen molar-refractivity contribution in [2.24, 2.45) is 0 Å². The molecule has 3 aromatic rings. The monoisotopic (exact) mass is 389 g/mol. The highest BCUT2D eigenvalue weighted by molar-refractivity contribution is 5.82. The van der Waals surface area contributed by atoms with Crippen LogP contribution in [0.4, 0.5) is 10.2 Å². The van der Waals surface area contributed by atoms with Crippen molar-refractivity contribution in [1.82, 2.24) is 19.5 Å². The number of ether oxygens (including phenoxy) is 2. The van der Waals surface area contributed by atoms with Crippen molar-refractivity contribution in [2.75, 3.05) is 19.0 Å². The van der Waals surface area contributed by atoms with Gasteiger partial charge in [0, 0.05) is 6.54 Å². The molecule has 1 fully saturated rings. The van der Waals surface area contributed by atoms with Crippen LogP contribution in [-0.4, -0.2) is 61.8 Å². The first kappa shape index (κ1) is 18.5. The first-order valence-corrected chi connectivity index (χ1v) is 8.75. The zero-order valence-electron chi connectivity index (χ0n) is 15.1. The second-order valence-corrected chi connectivity index (χ2v) is 6.43. The topological polar surface area (TPSA) is 115 Å². The fourth-order valence-corrected chi connectivity index (χ4v) is 3.18. The van der Waals surface area contributed by atoms with Gasteiger partial charge < -0.3 is 25.0 Å². The second kappa shape index (κ2) is 7.66. The van der Waals surface area contributed by atoms with Gasteiger partial charge in [-0.3, -0.25) is 4.57 Å². The highest BCUT2D eigenvalue weighted by Gasteiger charge is 2.45. The largest absolute Gasteiger partial charge is 0.497 e. The summed E-state index contributed by atoms with van der Waals surface area (Å²) in [5, 5.41) is 22.5. The Morgan fingerprint density at radius 3 is 2.71 bits per heavy atom. The molecule has 9 nitrogen and oxygen atoms in total. The predicted molar refractivity (Wildman–Crippen MR) is 97.5 cm³/mol. The number of methoxy groups -OCH3 is 1. The molecule has 148 valence electrons. The van der Waals surface area contributed by atoms with Crippen LogP contribution in [0.2, 0.25) is 0 Å². The van der Waals surface area contributed by atoms with Crippen molar-refractivity contribution in [3.8, 4) is 5.75 Å². The molecule has 10 heteroatoms. The molecule has 0 unspecified atom stereocenters. The summed E-state index contributed by atoms with van der Waals surface area (Å²) in [6, 6.07) is 7.60. The molecule has 0 bridgehead atoms. The first-order valence-electron chi connectivity index (χ1n) is 8.75. The predicted octanol–water partition coefficient (Wildman–Crippen LogP) is 1.04. The van der Waals surface area contributed by atoms with Crippen molar-refractivity contribution >= 4 is 17.0 Å². The van der Waals surface area contributed by atoms with Crippen LogP contribution in [0.1, 0.15) is 11.8 Å². The Hall–Kier alpha value is -2.82. The molecule has 4 atom stereocenters. The summed E-state index contributed by atoms with van der Waals surface area (Å²) in [5.74, 6) is 1.27. The minimum atomic E-state index is -1.69. The molecule has 1 aromatic carbocycles. The summed E-state index contributed by atoms with van der Waals surface area (Å²) in [6.07, 6.45) is -2.47. The van der Waals surface area contributed by atoms with Gasteiger partial charge in [0.1, 0.15) is 24.3 Å². The SMILES string of the molecule is COc1ccc(CNc2ncnc3c2ncn3[C@@H]2O[C@H](CO)[C@H](F)[C@H]2O)cc1. The van der Waals surface area contributed by atoms with Crippen LogP contribution in [0.5, 0.6) is 5.75 Å². The highest BCUT2D eigenvalue weighted by Crippen LogP contribution is 2.33. The quantitative estimate of drug-likeness (QED) is 0.573. The zero-order chi connectivity index (χ0) is 19.7. The third-order valence-electron chi connectivity index (χ3n) is 4.72. The summed E-state index contributed by atoms with van der Waals surface area (Å²) in [7, 11) is 1.61. The van der Waals surface area contributed by atoms with Crippen LogP contribution in [0.15, 0.2) is 36.9 Å². The minimum Gasteiger partial charge on any atom is -0.497 e. The number of alkyl halides is 1. The van der Waals surface area contributed by atoms with Gasteiger partial charge >= 0.3 is 0 Å². The first-order chi connectivity index (χ1) is 13.6. The maximum Gasteiger partial charge on any atom is 0.167 e. The molecule has 1 saturated heterocycles. The van der Waals surface area contributed by atoms with E-state index in [0.717, 1.165) is 11.3 Å². The summed E-state index contributed by atoms with van der Waals surface area (Å²) in [5.41, 5.74) is 1.88. The lowest BCUT2D eigenvalue weighted by atomic mass is 10.1. The Morgan fingerprint density at radius 1 is 1.25 bits per heavy atom. The molecule has 3 N–H and O–H groups in total. The molecule has 4 rings (SSSR count). The number of rotatable bonds is 6. The normalized spacial score (nSPS) is 24.6. The second-order valence-electron chi connectivity index (χ2n) is 6.43. The molecule has 3 heterocycles. The summed E-state index contributed by atoms with van der Waals surface area (Å²) >= 11 is 0. The summed E-state index contributed by atoms with van der Waals surface area (Å²) < 4.78 is 26.1. The Morgan fingerprint density at radius 2 is 2.04 bits per heavy atom. The minimum absolute atomic E-state index is 0.391. The summed E-state index contributed by atoms with van der Waals surface area (Å²) in [4.78, 5) is 12.7. The average Bonchev–Trinajstić information content (AvgIpc) is 3.28. The van der Waals surface area contributed by atoms with E-state index < -0.39 is 31.2 Å². The van der Waals surface area contributed by atoms with Crippen LogP contribution < -0.4 is 10.1 Å². The number of nitrogens with one attached hydrogen (secondary N) is 1. The Kier molecular flexibility index (Phi) is 5.07. The van der Waals surface area contributed by atoms with Crippen LogP contribution in [-0.2, 0) is 11.3 Å². The number of nitrogens with zero attached hydrogens (tertiary/aromatic N) is 4. The molecular formula is C18H20FN5O4. The molecule has 28 heavy (non-hydrogen) atoms. The standard InChI is InChI=1S/C18H20FN5O4/c1-27-11-4-2-10(3-5-11)6-20-16-14-17(22-8-21-16)24(9-23-14)18-15(26)13(19)12(7-25)28-18/h2-5,8-9,12-13,15,18,25-26H,6-7H2,1H3,(H,20,21,22)/t12-,13+,15-,18-/m1/s1. The van der Waals surface area contributed by atoms with Gasteiger partial charge in [-0.25, -0.2) is 19.3 Å². The number of halogens is 1. The lowest BCUT2D eigenvalue weighted by Crippen LogP contribution is -2.29. The number of hydrogen-bond donors (Lipinski definition) is 3. The fraction of sp³-hybridized carbons (Fsp3) is 0.389. The molecule has 0 saturated carbocycles. The maximum atomic E-state index is 14.0. The van der Waals surface area contributed by atoms with Gasteiger partial charge in [0.2, 0.25) is 0 Å². The fourth-order valence-electron chi connectivity index (χ4n) is 3.18. The lowest BCUT2D eigenvalue weighted by molar-refractivity contribution is -0.0495. The molecular weight excluding hydrogens is 369 g/mol. The van der Waals surface area contributed by atoms with Gasteiger partial charge in [-0.05, 0) is 17.7 Å². The molecule has 0 amide bonds. The van der Waals surface area contributed by atoms with Gasteiger partial charge in [-0.1, -0.05) is 12.1 Å². The maximum absolute atomic E-state index is 14.0. The Labute approximate surface area is 159 Å². The highest BCUT2D eigenvalue weighted by atomic mass is 19.1. The van der Waals surface area contributed by atoms with Crippen LogP contribution in [0.25, 0.3) is 11.2 Å². The number of imidazole rings is 1. The van der Waals surface area contributed by atoms with E-state index in [4.69, 9.17) is 9.47 Å². The number of aliphatic hydroxyl groups is 2. The molecule has 0 spiro atoms.